The van der Waals surface area contributed by atoms with Crippen LogP contribution in [0.25, 0.3) is 10.8 Å². The van der Waals surface area contributed by atoms with Crippen molar-refractivity contribution >= 4 is 10.8 Å². The van der Waals surface area contributed by atoms with Crippen molar-refractivity contribution in [2.45, 2.75) is 33.0 Å². The Morgan fingerprint density at radius 1 is 1.00 bits per heavy atom. The van der Waals surface area contributed by atoms with Crippen LogP contribution in [-0.2, 0) is 13.1 Å². The van der Waals surface area contributed by atoms with Gasteiger partial charge in [-0.2, -0.15) is 0 Å². The third-order valence-corrected chi connectivity index (χ3v) is 3.76. The van der Waals surface area contributed by atoms with Gasteiger partial charge in [-0.05, 0) is 28.0 Å². The third kappa shape index (κ3) is 3.34. The quantitative estimate of drug-likeness (QED) is 0.740. The van der Waals surface area contributed by atoms with Gasteiger partial charge in [0.25, 0.3) is 0 Å². The fourth-order valence-electron chi connectivity index (χ4n) is 2.64. The van der Waals surface area contributed by atoms with Gasteiger partial charge in [0.2, 0.25) is 0 Å². The number of fused-ring (bicyclic) bond motifs is 1. The molecular weight excluding hydrogens is 256 g/mol. The van der Waals surface area contributed by atoms with Gasteiger partial charge in [-0.1, -0.05) is 56.3 Å². The van der Waals surface area contributed by atoms with E-state index in [0.717, 1.165) is 13.1 Å². The van der Waals surface area contributed by atoms with E-state index in [1.54, 1.807) is 0 Å². The molecular formula is C19H22N2. The molecule has 0 spiro atoms. The lowest BCUT2D eigenvalue weighted by Gasteiger charge is -2.08. The van der Waals surface area contributed by atoms with E-state index in [-0.39, 0.29) is 0 Å². The Morgan fingerprint density at radius 2 is 1.81 bits per heavy atom. The van der Waals surface area contributed by atoms with Crippen LogP contribution < -0.4 is 5.32 Å². The summed E-state index contributed by atoms with van der Waals surface area (Å²) in [5.41, 5.74) is 2.70. The largest absolute Gasteiger partial charge is 0.350 e. The smallest absolute Gasteiger partial charge is 0.0476 e. The van der Waals surface area contributed by atoms with Gasteiger partial charge >= 0.3 is 0 Å². The SMILES string of the molecule is CC(C)NCc1ccn(Cc2cccc3ccccc23)c1. The summed E-state index contributed by atoms with van der Waals surface area (Å²) in [6.45, 7) is 6.20. The molecule has 0 saturated heterocycles. The fourth-order valence-corrected chi connectivity index (χ4v) is 2.64. The van der Waals surface area contributed by atoms with Crippen LogP contribution in [-0.4, -0.2) is 10.6 Å². The maximum absolute atomic E-state index is 3.46. The number of nitrogens with one attached hydrogen (secondary N) is 1. The van der Waals surface area contributed by atoms with E-state index in [4.69, 9.17) is 0 Å². The van der Waals surface area contributed by atoms with Crippen LogP contribution in [0.5, 0.6) is 0 Å². The lowest BCUT2D eigenvalue weighted by atomic mass is 10.0. The predicted octanol–water partition coefficient (Wildman–Crippen LogP) is 4.19. The fraction of sp³-hybridized carbons (Fsp3) is 0.263. The Bertz CT molecular complexity index is 720. The molecule has 0 saturated carbocycles. The molecule has 0 amide bonds. The standard InChI is InChI=1S/C19H22N2/c1-15(2)20-12-16-10-11-21(13-16)14-18-8-5-7-17-6-3-4-9-19(17)18/h3-11,13,15,20H,12,14H2,1-2H3. The van der Waals surface area contributed by atoms with Gasteiger partial charge < -0.3 is 9.88 Å². The van der Waals surface area contributed by atoms with Crippen LogP contribution in [0.1, 0.15) is 25.0 Å². The molecule has 0 fully saturated rings. The van der Waals surface area contributed by atoms with Gasteiger partial charge in [-0.25, -0.2) is 0 Å². The van der Waals surface area contributed by atoms with Gasteiger partial charge in [-0.3, -0.25) is 0 Å². The second-order valence-corrected chi connectivity index (χ2v) is 5.87. The van der Waals surface area contributed by atoms with Crippen molar-refractivity contribution in [2.24, 2.45) is 0 Å². The second-order valence-electron chi connectivity index (χ2n) is 5.87. The Balaban J connectivity index is 1.79. The molecule has 0 atom stereocenters. The van der Waals surface area contributed by atoms with E-state index in [9.17, 15) is 0 Å². The minimum Gasteiger partial charge on any atom is -0.350 e. The molecule has 0 radical (unpaired) electrons. The van der Waals surface area contributed by atoms with Gasteiger partial charge in [0, 0.05) is 31.5 Å². The average Bonchev–Trinajstić information content (AvgIpc) is 2.93. The second kappa shape index (κ2) is 6.15. The molecule has 3 aromatic rings. The zero-order valence-corrected chi connectivity index (χ0v) is 12.7. The zero-order valence-electron chi connectivity index (χ0n) is 12.7. The van der Waals surface area contributed by atoms with Crippen molar-refractivity contribution < 1.29 is 0 Å². The van der Waals surface area contributed by atoms with E-state index in [1.807, 2.05) is 0 Å². The average molecular weight is 278 g/mol. The molecule has 0 aliphatic carbocycles. The predicted molar refractivity (Wildman–Crippen MR) is 89.5 cm³/mol. The van der Waals surface area contributed by atoms with Crippen molar-refractivity contribution in [1.82, 2.24) is 9.88 Å². The molecule has 1 N–H and O–H groups in total. The minimum atomic E-state index is 0.520. The first kappa shape index (κ1) is 13.9. The lowest BCUT2D eigenvalue weighted by Crippen LogP contribution is -2.21. The molecule has 2 nitrogen and oxygen atoms in total. The van der Waals surface area contributed by atoms with E-state index in [2.05, 4.69) is 84.7 Å². The van der Waals surface area contributed by atoms with Crippen molar-refractivity contribution in [3.63, 3.8) is 0 Å². The molecule has 1 aromatic heterocycles. The Labute approximate surface area is 126 Å². The number of benzene rings is 2. The molecule has 0 unspecified atom stereocenters. The lowest BCUT2D eigenvalue weighted by molar-refractivity contribution is 0.588. The maximum atomic E-state index is 3.46. The van der Waals surface area contributed by atoms with Gasteiger partial charge in [-0.15, -0.1) is 0 Å². The minimum absolute atomic E-state index is 0.520. The highest BCUT2D eigenvalue weighted by molar-refractivity contribution is 5.85. The highest BCUT2D eigenvalue weighted by Crippen LogP contribution is 2.19. The summed E-state index contributed by atoms with van der Waals surface area (Å²) >= 11 is 0. The normalized spacial score (nSPS) is 11.4. The highest BCUT2D eigenvalue weighted by atomic mass is 14.9. The van der Waals surface area contributed by atoms with Crippen LogP contribution in [0.3, 0.4) is 0 Å². The molecule has 0 aliphatic rings. The molecule has 2 heteroatoms. The van der Waals surface area contributed by atoms with Crippen molar-refractivity contribution in [2.75, 3.05) is 0 Å². The van der Waals surface area contributed by atoms with E-state index in [0.29, 0.717) is 6.04 Å². The Kier molecular flexibility index (Phi) is 4.07. The summed E-state index contributed by atoms with van der Waals surface area (Å²) < 4.78 is 2.26. The summed E-state index contributed by atoms with van der Waals surface area (Å²) in [6.07, 6.45) is 4.40. The summed E-state index contributed by atoms with van der Waals surface area (Å²) in [7, 11) is 0. The first-order valence-electron chi connectivity index (χ1n) is 7.57. The zero-order chi connectivity index (χ0) is 14.7. The maximum Gasteiger partial charge on any atom is 0.0476 e. The van der Waals surface area contributed by atoms with Crippen LogP contribution in [0.2, 0.25) is 0 Å². The molecule has 1 heterocycles. The number of rotatable bonds is 5. The number of hydrogen-bond donors (Lipinski definition) is 1. The van der Waals surface area contributed by atoms with Gasteiger partial charge in [0.15, 0.2) is 0 Å². The molecule has 3 rings (SSSR count). The van der Waals surface area contributed by atoms with Crippen LogP contribution in [0, 0.1) is 0 Å². The van der Waals surface area contributed by atoms with Crippen LogP contribution >= 0.6 is 0 Å². The van der Waals surface area contributed by atoms with Crippen LogP contribution in [0.15, 0.2) is 60.9 Å². The monoisotopic (exact) mass is 278 g/mol. The van der Waals surface area contributed by atoms with Gasteiger partial charge in [0.1, 0.15) is 0 Å². The van der Waals surface area contributed by atoms with Crippen molar-refractivity contribution in [3.8, 4) is 0 Å². The molecule has 0 bridgehead atoms. The molecule has 0 aliphatic heterocycles. The number of nitrogens with zero attached hydrogens (tertiary/aromatic N) is 1. The topological polar surface area (TPSA) is 17.0 Å². The number of hydrogen-bond acceptors (Lipinski definition) is 1. The summed E-state index contributed by atoms with van der Waals surface area (Å²) in [4.78, 5) is 0. The summed E-state index contributed by atoms with van der Waals surface area (Å²) in [5, 5.41) is 6.11. The van der Waals surface area contributed by atoms with Crippen molar-refractivity contribution in [1.29, 1.82) is 0 Å². The third-order valence-electron chi connectivity index (χ3n) is 3.76. The van der Waals surface area contributed by atoms with Crippen molar-refractivity contribution in [3.05, 3.63) is 72.1 Å². The first-order chi connectivity index (χ1) is 10.2. The first-order valence-corrected chi connectivity index (χ1v) is 7.57. The molecule has 108 valence electrons. The van der Waals surface area contributed by atoms with E-state index in [1.165, 1.54) is 21.9 Å². The Morgan fingerprint density at radius 3 is 2.67 bits per heavy atom. The molecule has 2 aromatic carbocycles. The van der Waals surface area contributed by atoms with E-state index < -0.39 is 0 Å². The van der Waals surface area contributed by atoms with Gasteiger partial charge in [0.05, 0.1) is 0 Å². The van der Waals surface area contributed by atoms with Crippen LogP contribution in [0.4, 0.5) is 0 Å². The highest BCUT2D eigenvalue weighted by Gasteiger charge is 2.03. The molecule has 21 heavy (non-hydrogen) atoms. The number of aromatic nitrogens is 1. The van der Waals surface area contributed by atoms with E-state index >= 15 is 0 Å². The summed E-state index contributed by atoms with van der Waals surface area (Å²) in [6, 6.07) is 17.8. The Hall–Kier alpha value is -2.06. The summed E-state index contributed by atoms with van der Waals surface area (Å²) in [5.74, 6) is 0.